The lowest BCUT2D eigenvalue weighted by atomic mass is 10.1. The van der Waals surface area contributed by atoms with Crippen LogP contribution in [0, 0.1) is 0 Å². The molecular weight excluding hydrogens is 262 g/mol. The standard InChI is InChI=1S/C17H23N3O/c1-4-6-7-13-8-10-14(11-9-13)21-17-15(5-2)16(18-3)19-12-20-17/h8-12H,4-7H2,1-3H3,(H,18,19,20). The van der Waals surface area contributed by atoms with Gasteiger partial charge >= 0.3 is 0 Å². The van der Waals surface area contributed by atoms with E-state index in [1.165, 1.54) is 24.7 Å². The molecule has 0 fully saturated rings. The van der Waals surface area contributed by atoms with E-state index in [1.54, 1.807) is 0 Å². The van der Waals surface area contributed by atoms with Crippen LogP contribution in [0.15, 0.2) is 30.6 Å². The zero-order valence-corrected chi connectivity index (χ0v) is 13.0. The third-order valence-corrected chi connectivity index (χ3v) is 3.45. The summed E-state index contributed by atoms with van der Waals surface area (Å²) in [5, 5.41) is 3.07. The molecule has 0 unspecified atom stereocenters. The molecule has 21 heavy (non-hydrogen) atoms. The first-order valence-electron chi connectivity index (χ1n) is 7.56. The summed E-state index contributed by atoms with van der Waals surface area (Å²) in [6.45, 7) is 4.28. The van der Waals surface area contributed by atoms with Crippen molar-refractivity contribution in [2.45, 2.75) is 39.5 Å². The zero-order chi connectivity index (χ0) is 15.1. The van der Waals surface area contributed by atoms with Gasteiger partial charge in [0.1, 0.15) is 17.9 Å². The van der Waals surface area contributed by atoms with Crippen molar-refractivity contribution in [2.75, 3.05) is 12.4 Å². The third-order valence-electron chi connectivity index (χ3n) is 3.45. The highest BCUT2D eigenvalue weighted by molar-refractivity contribution is 5.49. The maximum atomic E-state index is 5.91. The molecule has 0 saturated carbocycles. The van der Waals surface area contributed by atoms with Gasteiger partial charge in [0.25, 0.3) is 0 Å². The van der Waals surface area contributed by atoms with Gasteiger partial charge in [-0.25, -0.2) is 9.97 Å². The van der Waals surface area contributed by atoms with Crippen LogP contribution in [0.2, 0.25) is 0 Å². The zero-order valence-electron chi connectivity index (χ0n) is 13.0. The number of aryl methyl sites for hydroxylation is 1. The normalized spacial score (nSPS) is 10.4. The van der Waals surface area contributed by atoms with E-state index >= 15 is 0 Å². The lowest BCUT2D eigenvalue weighted by molar-refractivity contribution is 0.455. The van der Waals surface area contributed by atoms with Crippen molar-refractivity contribution in [1.29, 1.82) is 0 Å². The largest absolute Gasteiger partial charge is 0.439 e. The van der Waals surface area contributed by atoms with E-state index in [2.05, 4.69) is 41.3 Å². The summed E-state index contributed by atoms with van der Waals surface area (Å²) in [4.78, 5) is 8.47. The predicted molar refractivity (Wildman–Crippen MR) is 86.1 cm³/mol. The second-order valence-electron chi connectivity index (χ2n) is 4.96. The SMILES string of the molecule is CCCCc1ccc(Oc2ncnc(NC)c2CC)cc1. The second-order valence-corrected chi connectivity index (χ2v) is 4.96. The van der Waals surface area contributed by atoms with Crippen LogP contribution in [0.1, 0.15) is 37.8 Å². The van der Waals surface area contributed by atoms with Crippen molar-refractivity contribution >= 4 is 5.82 Å². The number of anilines is 1. The molecule has 0 radical (unpaired) electrons. The van der Waals surface area contributed by atoms with Gasteiger partial charge in [0.15, 0.2) is 0 Å². The van der Waals surface area contributed by atoms with Crippen LogP contribution < -0.4 is 10.1 Å². The number of benzene rings is 1. The first kappa shape index (κ1) is 15.3. The maximum Gasteiger partial charge on any atom is 0.227 e. The highest BCUT2D eigenvalue weighted by Gasteiger charge is 2.10. The van der Waals surface area contributed by atoms with Crippen molar-refractivity contribution < 1.29 is 4.74 Å². The fraction of sp³-hybridized carbons (Fsp3) is 0.412. The Kier molecular flexibility index (Phi) is 5.55. The first-order valence-corrected chi connectivity index (χ1v) is 7.56. The number of rotatable bonds is 7. The second kappa shape index (κ2) is 7.62. The van der Waals surface area contributed by atoms with Crippen molar-refractivity contribution in [1.82, 2.24) is 9.97 Å². The number of hydrogen-bond acceptors (Lipinski definition) is 4. The molecule has 4 heteroatoms. The highest BCUT2D eigenvalue weighted by Crippen LogP contribution is 2.27. The number of aromatic nitrogens is 2. The monoisotopic (exact) mass is 285 g/mol. The molecule has 112 valence electrons. The minimum absolute atomic E-state index is 0.623. The van der Waals surface area contributed by atoms with Gasteiger partial charge in [-0.2, -0.15) is 0 Å². The Labute approximate surface area is 126 Å². The summed E-state index contributed by atoms with van der Waals surface area (Å²) in [5.74, 6) is 2.26. The molecule has 0 bridgehead atoms. The quantitative estimate of drug-likeness (QED) is 0.827. The van der Waals surface area contributed by atoms with E-state index in [1.807, 2.05) is 19.2 Å². The summed E-state index contributed by atoms with van der Waals surface area (Å²) in [7, 11) is 1.85. The molecule has 0 aliphatic carbocycles. The lowest BCUT2D eigenvalue weighted by Crippen LogP contribution is -2.02. The number of nitrogens with zero attached hydrogens (tertiary/aromatic N) is 2. The molecule has 1 N–H and O–H groups in total. The van der Waals surface area contributed by atoms with Crippen LogP contribution in [0.3, 0.4) is 0 Å². The molecule has 1 heterocycles. The Morgan fingerprint density at radius 2 is 1.86 bits per heavy atom. The van der Waals surface area contributed by atoms with E-state index in [-0.39, 0.29) is 0 Å². The predicted octanol–water partition coefficient (Wildman–Crippen LogP) is 4.22. The molecule has 0 atom stereocenters. The average Bonchev–Trinajstić information content (AvgIpc) is 2.54. The molecule has 0 amide bonds. The van der Waals surface area contributed by atoms with Gasteiger partial charge in [0.05, 0.1) is 5.56 Å². The molecule has 4 nitrogen and oxygen atoms in total. The van der Waals surface area contributed by atoms with Gasteiger partial charge in [-0.1, -0.05) is 32.4 Å². The van der Waals surface area contributed by atoms with Crippen LogP contribution in [0.25, 0.3) is 0 Å². The van der Waals surface area contributed by atoms with Crippen LogP contribution in [-0.2, 0) is 12.8 Å². The summed E-state index contributed by atoms with van der Waals surface area (Å²) >= 11 is 0. The van der Waals surface area contributed by atoms with E-state index in [0.717, 1.165) is 30.0 Å². The fourth-order valence-corrected chi connectivity index (χ4v) is 2.23. The van der Waals surface area contributed by atoms with Gasteiger partial charge < -0.3 is 10.1 Å². The number of nitrogens with one attached hydrogen (secondary N) is 1. The summed E-state index contributed by atoms with van der Waals surface area (Å²) in [5.41, 5.74) is 2.34. The van der Waals surface area contributed by atoms with Crippen molar-refractivity contribution in [3.05, 3.63) is 41.7 Å². The van der Waals surface area contributed by atoms with Crippen LogP contribution in [0.4, 0.5) is 5.82 Å². The minimum atomic E-state index is 0.623. The van der Waals surface area contributed by atoms with Crippen LogP contribution in [0.5, 0.6) is 11.6 Å². The Bertz CT molecular complexity index is 567. The van der Waals surface area contributed by atoms with Crippen molar-refractivity contribution in [3.8, 4) is 11.6 Å². The molecule has 0 aliphatic rings. The van der Waals surface area contributed by atoms with E-state index in [4.69, 9.17) is 4.74 Å². The summed E-state index contributed by atoms with van der Waals surface area (Å²) in [6, 6.07) is 8.25. The summed E-state index contributed by atoms with van der Waals surface area (Å²) < 4.78 is 5.91. The Morgan fingerprint density at radius 1 is 1.10 bits per heavy atom. The molecule has 1 aromatic heterocycles. The van der Waals surface area contributed by atoms with Gasteiger partial charge in [-0.3, -0.25) is 0 Å². The first-order chi connectivity index (χ1) is 10.3. The van der Waals surface area contributed by atoms with Gasteiger partial charge in [0, 0.05) is 7.05 Å². The average molecular weight is 285 g/mol. The molecule has 0 spiro atoms. The smallest absolute Gasteiger partial charge is 0.227 e. The number of ether oxygens (including phenoxy) is 1. The molecule has 1 aromatic carbocycles. The van der Waals surface area contributed by atoms with Crippen molar-refractivity contribution in [3.63, 3.8) is 0 Å². The Balaban J connectivity index is 2.14. The number of hydrogen-bond donors (Lipinski definition) is 1. The van der Waals surface area contributed by atoms with Gasteiger partial charge in [-0.15, -0.1) is 0 Å². The van der Waals surface area contributed by atoms with E-state index in [9.17, 15) is 0 Å². The van der Waals surface area contributed by atoms with Crippen LogP contribution >= 0.6 is 0 Å². The Morgan fingerprint density at radius 3 is 2.48 bits per heavy atom. The lowest BCUT2D eigenvalue weighted by Gasteiger charge is -2.12. The van der Waals surface area contributed by atoms with Gasteiger partial charge in [0.2, 0.25) is 5.88 Å². The highest BCUT2D eigenvalue weighted by atomic mass is 16.5. The molecule has 0 saturated heterocycles. The molecule has 2 rings (SSSR count). The number of unbranched alkanes of at least 4 members (excludes halogenated alkanes) is 1. The van der Waals surface area contributed by atoms with Gasteiger partial charge in [-0.05, 0) is 37.0 Å². The molecule has 2 aromatic rings. The third kappa shape index (κ3) is 3.94. The maximum absolute atomic E-state index is 5.91. The summed E-state index contributed by atoms with van der Waals surface area (Å²) in [6.07, 6.45) is 5.90. The fourth-order valence-electron chi connectivity index (χ4n) is 2.23. The van der Waals surface area contributed by atoms with E-state index < -0.39 is 0 Å². The minimum Gasteiger partial charge on any atom is -0.439 e. The van der Waals surface area contributed by atoms with Crippen molar-refractivity contribution in [2.24, 2.45) is 0 Å². The molecule has 0 aliphatic heterocycles. The van der Waals surface area contributed by atoms with E-state index in [0.29, 0.717) is 5.88 Å². The topological polar surface area (TPSA) is 47.0 Å². The molecular formula is C17H23N3O. The van der Waals surface area contributed by atoms with Crippen LogP contribution in [-0.4, -0.2) is 17.0 Å². The Hall–Kier alpha value is -2.10.